The topological polar surface area (TPSA) is 198 Å². The molecule has 3 aliphatic heterocycles. The zero-order valence-corrected chi connectivity index (χ0v) is 35.8. The summed E-state index contributed by atoms with van der Waals surface area (Å²) >= 11 is 0. The Morgan fingerprint density at radius 2 is 1.73 bits per heavy atom. The molecule has 326 valence electrons. The van der Waals surface area contributed by atoms with Crippen molar-refractivity contribution in [3.05, 3.63) is 66.2 Å². The number of esters is 2. The van der Waals surface area contributed by atoms with Gasteiger partial charge in [0.15, 0.2) is 18.0 Å². The number of aliphatic hydroxyl groups is 2. The number of pyridine rings is 1. The number of carbonyl (C=O) groups is 3. The zero-order chi connectivity index (χ0) is 43.4. The maximum Gasteiger partial charge on any atom is 0.509 e. The molecule has 59 heavy (non-hydrogen) atoms. The Hall–Kier alpha value is -4.12. The molecule has 0 saturated carbocycles. The average Bonchev–Trinajstić information content (AvgIpc) is 3.51. The van der Waals surface area contributed by atoms with Gasteiger partial charge in [0.1, 0.15) is 24.1 Å². The summed E-state index contributed by atoms with van der Waals surface area (Å²) in [6, 6.07) is 11.3. The van der Waals surface area contributed by atoms with Crippen molar-refractivity contribution in [2.45, 2.75) is 141 Å². The standard InChI is InChI=1S/C44H63N3O12/c1-11-33-44(8)38(58-42(51)59-44)26(4)34(45)24(2)22-43(7,52)37(57-41-35(48)31(47(9)10)20-25(3)53-41)27(5)36(28(6)39(49)55-33)56-40(50)32(21-29-16-13-12-14-17-29)54-30-18-15-19-46-23-30/h12-19,21,23-28,31,33-38,41,48,52H,11,20,22,45H2,1-10H3/b32-21-/t24-,25-,26+,27+,28-,31+,33?,34+,35-,36+,37-,38-,41+,43+,44-/m1/s1. The third-order valence-corrected chi connectivity index (χ3v) is 12.3. The molecule has 1 aromatic carbocycles. The average molecular weight is 826 g/mol. The molecule has 4 heterocycles. The number of benzene rings is 1. The molecule has 1 aromatic heterocycles. The molecule has 3 fully saturated rings. The van der Waals surface area contributed by atoms with Crippen LogP contribution in [-0.4, -0.2) is 118 Å². The molecule has 0 amide bonds. The summed E-state index contributed by atoms with van der Waals surface area (Å²) in [5.41, 5.74) is 4.38. The Morgan fingerprint density at radius 1 is 1.03 bits per heavy atom. The van der Waals surface area contributed by atoms with Crippen molar-refractivity contribution in [1.29, 1.82) is 0 Å². The Morgan fingerprint density at radius 3 is 2.36 bits per heavy atom. The number of aliphatic hydroxyl groups excluding tert-OH is 1. The van der Waals surface area contributed by atoms with Gasteiger partial charge in [0, 0.05) is 30.1 Å². The third kappa shape index (κ3) is 10.4. The highest BCUT2D eigenvalue weighted by Crippen LogP contribution is 2.43. The molecule has 3 aliphatic rings. The van der Waals surface area contributed by atoms with Crippen molar-refractivity contribution in [3.63, 3.8) is 0 Å². The van der Waals surface area contributed by atoms with E-state index in [1.54, 1.807) is 77.2 Å². The van der Waals surface area contributed by atoms with Crippen LogP contribution in [0, 0.1) is 23.7 Å². The number of aromatic nitrogens is 1. The summed E-state index contributed by atoms with van der Waals surface area (Å²) in [4.78, 5) is 47.8. The smallest absolute Gasteiger partial charge is 0.458 e. The van der Waals surface area contributed by atoms with E-state index >= 15 is 0 Å². The second-order valence-electron chi connectivity index (χ2n) is 17.2. The summed E-state index contributed by atoms with van der Waals surface area (Å²) in [6.45, 7) is 13.9. The van der Waals surface area contributed by atoms with Crippen molar-refractivity contribution in [2.75, 3.05) is 14.1 Å². The minimum Gasteiger partial charge on any atom is -0.458 e. The normalized spacial score (nSPS) is 38.6. The predicted molar refractivity (Wildman–Crippen MR) is 216 cm³/mol. The molecule has 15 nitrogen and oxygen atoms in total. The summed E-state index contributed by atoms with van der Waals surface area (Å²) in [5.74, 6) is -4.77. The fourth-order valence-corrected chi connectivity index (χ4v) is 8.99. The molecule has 15 atom stereocenters. The molecule has 1 unspecified atom stereocenters. The van der Waals surface area contributed by atoms with Crippen molar-refractivity contribution < 1.29 is 57.8 Å². The number of hydrogen-bond donors (Lipinski definition) is 3. The van der Waals surface area contributed by atoms with Crippen molar-refractivity contribution in [1.82, 2.24) is 9.88 Å². The van der Waals surface area contributed by atoms with Crippen molar-refractivity contribution in [3.8, 4) is 5.75 Å². The zero-order valence-electron chi connectivity index (χ0n) is 35.8. The van der Waals surface area contributed by atoms with Gasteiger partial charge in [0.05, 0.1) is 29.9 Å². The highest BCUT2D eigenvalue weighted by Gasteiger charge is 2.59. The first-order valence-corrected chi connectivity index (χ1v) is 20.6. The van der Waals surface area contributed by atoms with Gasteiger partial charge >= 0.3 is 18.1 Å². The fourth-order valence-electron chi connectivity index (χ4n) is 8.99. The molecular formula is C44H63N3O12. The van der Waals surface area contributed by atoms with E-state index < -0.39 is 95.8 Å². The van der Waals surface area contributed by atoms with Gasteiger partial charge in [-0.05, 0) is 90.7 Å². The lowest BCUT2D eigenvalue weighted by Gasteiger charge is -2.47. The number of hydrogen-bond acceptors (Lipinski definition) is 15. The number of nitrogens with two attached hydrogens (primary N) is 1. The van der Waals surface area contributed by atoms with Crippen LogP contribution < -0.4 is 10.5 Å². The predicted octanol–water partition coefficient (Wildman–Crippen LogP) is 4.87. The fraction of sp³-hybridized carbons (Fsp3) is 0.636. The first-order chi connectivity index (χ1) is 27.8. The van der Waals surface area contributed by atoms with Gasteiger partial charge < -0.3 is 54.0 Å². The van der Waals surface area contributed by atoms with Crippen LogP contribution in [0.2, 0.25) is 0 Å². The number of fused-ring (bicyclic) bond motifs is 1. The maximum absolute atomic E-state index is 14.5. The largest absolute Gasteiger partial charge is 0.509 e. The molecule has 0 spiro atoms. The van der Waals surface area contributed by atoms with E-state index in [4.69, 9.17) is 38.9 Å². The number of cyclic esters (lactones) is 1. The van der Waals surface area contributed by atoms with E-state index in [1.807, 2.05) is 45.8 Å². The van der Waals surface area contributed by atoms with Crippen LogP contribution in [0.4, 0.5) is 4.79 Å². The highest BCUT2D eigenvalue weighted by molar-refractivity contribution is 5.92. The Kier molecular flexibility index (Phi) is 14.9. The molecule has 0 aliphatic carbocycles. The van der Waals surface area contributed by atoms with Gasteiger partial charge in [-0.1, -0.05) is 58.0 Å². The van der Waals surface area contributed by atoms with E-state index in [2.05, 4.69) is 4.98 Å². The molecule has 5 rings (SSSR count). The van der Waals surface area contributed by atoms with E-state index in [1.165, 1.54) is 12.3 Å². The van der Waals surface area contributed by atoms with Gasteiger partial charge in [-0.3, -0.25) is 9.78 Å². The summed E-state index contributed by atoms with van der Waals surface area (Å²) in [5, 5.41) is 24.3. The molecular weight excluding hydrogens is 762 g/mol. The second kappa shape index (κ2) is 19.1. The molecule has 4 N–H and O–H groups in total. The van der Waals surface area contributed by atoms with Crippen molar-refractivity contribution in [2.24, 2.45) is 29.4 Å². The van der Waals surface area contributed by atoms with E-state index in [-0.39, 0.29) is 36.5 Å². The lowest BCUT2D eigenvalue weighted by molar-refractivity contribution is -0.299. The molecule has 0 bridgehead atoms. The number of nitrogens with zero attached hydrogens (tertiary/aromatic N) is 2. The third-order valence-electron chi connectivity index (χ3n) is 12.3. The second-order valence-corrected chi connectivity index (χ2v) is 17.2. The van der Waals surface area contributed by atoms with Crippen LogP contribution in [0.15, 0.2) is 60.6 Å². The quantitative estimate of drug-likeness (QED) is 0.134. The molecule has 0 radical (unpaired) electrons. The van der Waals surface area contributed by atoms with Crippen LogP contribution in [0.5, 0.6) is 5.75 Å². The highest BCUT2D eigenvalue weighted by atomic mass is 16.8. The van der Waals surface area contributed by atoms with Crippen LogP contribution in [0.3, 0.4) is 0 Å². The maximum atomic E-state index is 14.5. The van der Waals surface area contributed by atoms with Gasteiger partial charge in [-0.15, -0.1) is 0 Å². The van der Waals surface area contributed by atoms with E-state index in [0.717, 1.165) is 0 Å². The number of likely N-dealkylation sites (N-methyl/N-ethyl adjacent to an activating group) is 1. The SMILES string of the molecule is CCC1OC(=O)[C@H](C)[C@@H](OC(=O)/C(=C/c2ccccc2)Oc2cccnc2)[C@H](C)[C@@H](O[C@@H]2O[C@H](C)C[C@H](N(C)C)[C@H]2O)[C@@](C)(O)C[C@@H](C)[C@H](N)[C@H](C)[C@H]2OC(=O)O[C@]12C. The number of carbonyl (C=O) groups excluding carboxylic acids is 3. The number of ether oxygens (including phenoxy) is 7. The Bertz CT molecular complexity index is 1760. The Labute approximate surface area is 347 Å². The monoisotopic (exact) mass is 825 g/mol. The van der Waals surface area contributed by atoms with Gasteiger partial charge in [-0.2, -0.15) is 0 Å². The minimum atomic E-state index is -1.75. The van der Waals surface area contributed by atoms with Crippen LogP contribution in [0.1, 0.15) is 80.2 Å². The molecule has 15 heteroatoms. The molecule has 2 aromatic rings. The lowest BCUT2D eigenvalue weighted by atomic mass is 9.72. The van der Waals surface area contributed by atoms with Crippen LogP contribution in [0.25, 0.3) is 6.08 Å². The molecule has 3 saturated heterocycles. The summed E-state index contributed by atoms with van der Waals surface area (Å²) in [7, 11) is 3.71. The van der Waals surface area contributed by atoms with E-state index in [0.29, 0.717) is 12.0 Å². The van der Waals surface area contributed by atoms with E-state index in [9.17, 15) is 24.6 Å². The summed E-state index contributed by atoms with van der Waals surface area (Å²) in [6.07, 6.45) is -2.74. The van der Waals surface area contributed by atoms with Gasteiger partial charge in [-0.25, -0.2) is 9.59 Å². The van der Waals surface area contributed by atoms with Gasteiger partial charge in [0.25, 0.3) is 0 Å². The van der Waals surface area contributed by atoms with Crippen LogP contribution in [-0.2, 0) is 38.0 Å². The lowest BCUT2D eigenvalue weighted by Crippen LogP contribution is -2.60. The Balaban J connectivity index is 1.63. The number of rotatable bonds is 9. The van der Waals surface area contributed by atoms with Crippen LogP contribution >= 0.6 is 0 Å². The minimum absolute atomic E-state index is 0.0429. The van der Waals surface area contributed by atoms with Gasteiger partial charge in [0.2, 0.25) is 5.76 Å². The first-order valence-electron chi connectivity index (χ1n) is 20.6. The van der Waals surface area contributed by atoms with Crippen molar-refractivity contribution >= 4 is 24.2 Å². The first kappa shape index (κ1) is 46.0. The summed E-state index contributed by atoms with van der Waals surface area (Å²) < 4.78 is 43.0.